The Hall–Kier alpha value is -3.74. The van der Waals surface area contributed by atoms with Crippen LogP contribution >= 0.6 is 0 Å². The molecule has 0 atom stereocenters. The Bertz CT molecular complexity index is 921. The number of aryl methyl sites for hydroxylation is 2. The average molecular weight is 406 g/mol. The minimum Gasteiger partial charge on any atom is -0.373 e. The van der Waals surface area contributed by atoms with Gasteiger partial charge in [-0.15, -0.1) is 0 Å². The van der Waals surface area contributed by atoms with E-state index in [-0.39, 0.29) is 23.6 Å². The Morgan fingerprint density at radius 1 is 0.700 bits per heavy atom. The molecule has 3 rings (SSSR count). The van der Waals surface area contributed by atoms with Gasteiger partial charge in [0, 0.05) is 24.2 Å². The zero-order valence-electron chi connectivity index (χ0n) is 17.9. The first-order chi connectivity index (χ1) is 14.4. The standard InChI is InChI=1S/C21H21N5O2.C2H6/c1-13-4-8-15(9-5-13)19(27)23-18-12-17(22-3)24-21(25-18)26-20(28)16-10-6-14(2)7-11-16;1-2/h4-12H,1-3H3,(H3,22,23,24,25,26,27,28);1-2H3. The van der Waals surface area contributed by atoms with E-state index in [1.165, 1.54) is 0 Å². The molecule has 3 aromatic rings. The summed E-state index contributed by atoms with van der Waals surface area (Å²) in [6.45, 7) is 7.90. The van der Waals surface area contributed by atoms with Crippen LogP contribution < -0.4 is 16.0 Å². The Labute approximate surface area is 177 Å². The van der Waals surface area contributed by atoms with E-state index in [1.54, 1.807) is 37.4 Å². The minimum atomic E-state index is -0.330. The van der Waals surface area contributed by atoms with Gasteiger partial charge in [0.2, 0.25) is 5.95 Å². The van der Waals surface area contributed by atoms with Crippen LogP contribution in [0.25, 0.3) is 0 Å². The second kappa shape index (κ2) is 10.7. The van der Waals surface area contributed by atoms with Crippen molar-refractivity contribution in [2.75, 3.05) is 23.0 Å². The van der Waals surface area contributed by atoms with Crippen molar-refractivity contribution >= 4 is 29.4 Å². The second-order valence-electron chi connectivity index (χ2n) is 6.35. The van der Waals surface area contributed by atoms with E-state index < -0.39 is 0 Å². The molecule has 7 heteroatoms. The molecule has 0 fully saturated rings. The number of amides is 2. The maximum Gasteiger partial charge on any atom is 0.258 e. The smallest absolute Gasteiger partial charge is 0.258 e. The molecule has 3 N–H and O–H groups in total. The number of benzene rings is 2. The summed E-state index contributed by atoms with van der Waals surface area (Å²) >= 11 is 0. The molecule has 1 aromatic heterocycles. The highest BCUT2D eigenvalue weighted by Gasteiger charge is 2.12. The van der Waals surface area contributed by atoms with E-state index in [1.807, 2.05) is 52.0 Å². The fourth-order valence-corrected chi connectivity index (χ4v) is 2.47. The zero-order valence-corrected chi connectivity index (χ0v) is 17.9. The molecule has 0 saturated heterocycles. The van der Waals surface area contributed by atoms with Gasteiger partial charge in [0.05, 0.1) is 0 Å². The predicted molar refractivity (Wildman–Crippen MR) is 121 cm³/mol. The van der Waals surface area contributed by atoms with Crippen LogP contribution in [0, 0.1) is 13.8 Å². The molecule has 0 bridgehead atoms. The van der Waals surface area contributed by atoms with Crippen LogP contribution in [0.5, 0.6) is 0 Å². The van der Waals surface area contributed by atoms with E-state index in [9.17, 15) is 9.59 Å². The van der Waals surface area contributed by atoms with E-state index in [4.69, 9.17) is 0 Å². The molecular formula is C23H27N5O2. The highest BCUT2D eigenvalue weighted by molar-refractivity contribution is 6.05. The Balaban J connectivity index is 0.00000155. The number of hydrogen-bond donors (Lipinski definition) is 3. The highest BCUT2D eigenvalue weighted by atomic mass is 16.2. The number of rotatable bonds is 5. The lowest BCUT2D eigenvalue weighted by Gasteiger charge is -2.10. The lowest BCUT2D eigenvalue weighted by atomic mass is 10.1. The van der Waals surface area contributed by atoms with E-state index >= 15 is 0 Å². The predicted octanol–water partition coefficient (Wildman–Crippen LogP) is 4.67. The van der Waals surface area contributed by atoms with E-state index in [2.05, 4.69) is 25.9 Å². The number of nitrogens with zero attached hydrogens (tertiary/aromatic N) is 2. The summed E-state index contributed by atoms with van der Waals surface area (Å²) in [7, 11) is 1.69. The third kappa shape index (κ3) is 6.13. The van der Waals surface area contributed by atoms with Crippen LogP contribution in [0.2, 0.25) is 0 Å². The van der Waals surface area contributed by atoms with Crippen molar-refractivity contribution in [1.29, 1.82) is 0 Å². The van der Waals surface area contributed by atoms with E-state index in [0.717, 1.165) is 11.1 Å². The Kier molecular flexibility index (Phi) is 8.05. The van der Waals surface area contributed by atoms with Crippen LogP contribution in [0.4, 0.5) is 17.6 Å². The van der Waals surface area contributed by atoms with Gasteiger partial charge in [-0.2, -0.15) is 9.97 Å². The van der Waals surface area contributed by atoms with Gasteiger partial charge in [-0.1, -0.05) is 49.2 Å². The van der Waals surface area contributed by atoms with Crippen LogP contribution in [0.1, 0.15) is 45.7 Å². The number of carbonyl (C=O) groups is 2. The number of hydrogen-bond acceptors (Lipinski definition) is 5. The van der Waals surface area contributed by atoms with Crippen LogP contribution in [-0.2, 0) is 0 Å². The molecular weight excluding hydrogens is 378 g/mol. The third-order valence-corrected chi connectivity index (χ3v) is 4.08. The summed E-state index contributed by atoms with van der Waals surface area (Å²) in [6.07, 6.45) is 0. The summed E-state index contributed by atoms with van der Waals surface area (Å²) in [5.41, 5.74) is 3.14. The van der Waals surface area contributed by atoms with Gasteiger partial charge in [-0.05, 0) is 38.1 Å². The van der Waals surface area contributed by atoms with Gasteiger partial charge in [0.15, 0.2) is 0 Å². The molecule has 2 aromatic carbocycles. The first-order valence-corrected chi connectivity index (χ1v) is 9.77. The maximum absolute atomic E-state index is 12.4. The molecule has 0 aliphatic heterocycles. The highest BCUT2D eigenvalue weighted by Crippen LogP contribution is 2.16. The molecule has 30 heavy (non-hydrogen) atoms. The zero-order chi connectivity index (χ0) is 22.1. The molecule has 0 saturated carbocycles. The SMILES string of the molecule is CC.CNc1cc(NC(=O)c2ccc(C)cc2)nc(NC(=O)c2ccc(C)cc2)n1. The molecule has 0 unspecified atom stereocenters. The van der Waals surface area contributed by atoms with Gasteiger partial charge in [0.1, 0.15) is 11.6 Å². The van der Waals surface area contributed by atoms with Crippen molar-refractivity contribution in [2.24, 2.45) is 0 Å². The number of carbonyl (C=O) groups excluding carboxylic acids is 2. The molecule has 7 nitrogen and oxygen atoms in total. The van der Waals surface area contributed by atoms with Gasteiger partial charge >= 0.3 is 0 Å². The number of anilines is 3. The number of nitrogens with one attached hydrogen (secondary N) is 3. The van der Waals surface area contributed by atoms with Crippen molar-refractivity contribution in [3.05, 3.63) is 76.9 Å². The lowest BCUT2D eigenvalue weighted by molar-refractivity contribution is 0.101. The largest absolute Gasteiger partial charge is 0.373 e. The molecule has 0 aliphatic carbocycles. The summed E-state index contributed by atoms with van der Waals surface area (Å²) in [4.78, 5) is 33.3. The summed E-state index contributed by atoms with van der Waals surface area (Å²) in [5, 5.41) is 8.29. The van der Waals surface area contributed by atoms with Crippen LogP contribution in [0.15, 0.2) is 54.6 Å². The minimum absolute atomic E-state index is 0.0941. The average Bonchev–Trinajstić information content (AvgIpc) is 2.75. The van der Waals surface area contributed by atoms with Crippen LogP contribution in [0.3, 0.4) is 0 Å². The molecule has 2 amide bonds. The van der Waals surface area contributed by atoms with Crippen molar-refractivity contribution in [2.45, 2.75) is 27.7 Å². The van der Waals surface area contributed by atoms with Crippen molar-refractivity contribution < 1.29 is 9.59 Å². The summed E-state index contributed by atoms with van der Waals surface area (Å²) < 4.78 is 0. The monoisotopic (exact) mass is 405 g/mol. The summed E-state index contributed by atoms with van der Waals surface area (Å²) in [6, 6.07) is 16.0. The fraction of sp³-hybridized carbons (Fsp3) is 0.217. The Morgan fingerprint density at radius 2 is 1.13 bits per heavy atom. The molecule has 0 aliphatic rings. The first kappa shape index (κ1) is 22.5. The quantitative estimate of drug-likeness (QED) is 0.573. The normalized spacial score (nSPS) is 9.77. The number of aromatic nitrogens is 2. The Morgan fingerprint density at radius 3 is 1.60 bits per heavy atom. The molecule has 0 radical (unpaired) electrons. The van der Waals surface area contributed by atoms with Crippen LogP contribution in [-0.4, -0.2) is 28.8 Å². The van der Waals surface area contributed by atoms with Crippen molar-refractivity contribution in [3.63, 3.8) is 0 Å². The molecule has 156 valence electrons. The van der Waals surface area contributed by atoms with Crippen molar-refractivity contribution in [3.8, 4) is 0 Å². The van der Waals surface area contributed by atoms with Gasteiger partial charge in [-0.3, -0.25) is 14.9 Å². The maximum atomic E-state index is 12.4. The third-order valence-electron chi connectivity index (χ3n) is 4.08. The molecule has 0 spiro atoms. The van der Waals surface area contributed by atoms with Gasteiger partial charge in [0.25, 0.3) is 11.8 Å². The van der Waals surface area contributed by atoms with Gasteiger partial charge < -0.3 is 10.6 Å². The summed E-state index contributed by atoms with van der Waals surface area (Å²) in [5.74, 6) is 0.217. The second-order valence-corrected chi connectivity index (χ2v) is 6.35. The molecule has 1 heterocycles. The van der Waals surface area contributed by atoms with Gasteiger partial charge in [-0.25, -0.2) is 0 Å². The first-order valence-electron chi connectivity index (χ1n) is 9.77. The van der Waals surface area contributed by atoms with E-state index in [0.29, 0.717) is 16.9 Å². The lowest BCUT2D eigenvalue weighted by Crippen LogP contribution is -2.17. The fourth-order valence-electron chi connectivity index (χ4n) is 2.47. The topological polar surface area (TPSA) is 96.0 Å². The van der Waals surface area contributed by atoms with Crippen molar-refractivity contribution in [1.82, 2.24) is 9.97 Å².